The Morgan fingerprint density at radius 2 is 2.25 bits per heavy atom. The molecule has 1 N–H and O–H groups in total. The first-order valence-electron chi connectivity index (χ1n) is 2.68. The topological polar surface area (TPSA) is 23.5 Å². The summed E-state index contributed by atoms with van der Waals surface area (Å²) in [5, 5.41) is 8.77. The summed E-state index contributed by atoms with van der Waals surface area (Å²) in [7, 11) is 1.99. The van der Waals surface area contributed by atoms with Gasteiger partial charge in [-0.25, -0.2) is 0 Å². The van der Waals surface area contributed by atoms with Crippen LogP contribution in [0.1, 0.15) is 13.3 Å². The number of nitrogens with zero attached hydrogens (tertiary/aromatic N) is 1. The van der Waals surface area contributed by atoms with Gasteiger partial charge in [-0.1, -0.05) is 0 Å². The van der Waals surface area contributed by atoms with Gasteiger partial charge in [0.25, 0.3) is 0 Å². The molecule has 1 unspecified atom stereocenters. The third kappa shape index (κ3) is 6.65. The quantitative estimate of drug-likeness (QED) is 0.577. The van der Waals surface area contributed by atoms with Crippen LogP contribution < -0.4 is 0 Å². The van der Waals surface area contributed by atoms with Crippen LogP contribution in [0.5, 0.6) is 0 Å². The van der Waals surface area contributed by atoms with Crippen molar-refractivity contribution >= 4 is 22.9 Å². The maximum Gasteiger partial charge on any atom is 0.0524 e. The van der Waals surface area contributed by atoms with Gasteiger partial charge in [0.2, 0.25) is 0 Å². The molecule has 0 aliphatic heterocycles. The lowest BCUT2D eigenvalue weighted by molar-refractivity contribution is 0.180. The number of aliphatic hydroxyl groups excluding tert-OH is 1. The van der Waals surface area contributed by atoms with Gasteiger partial charge in [-0.2, -0.15) is 0 Å². The Morgan fingerprint density at radius 3 is 2.38 bits per heavy atom. The van der Waals surface area contributed by atoms with Gasteiger partial charge in [0, 0.05) is 29.4 Å². The van der Waals surface area contributed by atoms with Crippen molar-refractivity contribution in [1.82, 2.24) is 3.11 Å². The molecule has 1 atom stereocenters. The first-order chi connectivity index (χ1) is 3.63. The summed E-state index contributed by atoms with van der Waals surface area (Å²) in [5.41, 5.74) is 0. The minimum atomic E-state index is -0.160. The van der Waals surface area contributed by atoms with Gasteiger partial charge in [0.05, 0.1) is 6.10 Å². The lowest BCUT2D eigenvalue weighted by Crippen LogP contribution is -2.12. The Hall–Kier alpha value is 0.650. The third-order valence-corrected chi connectivity index (χ3v) is 1.34. The van der Waals surface area contributed by atoms with E-state index in [-0.39, 0.29) is 6.10 Å². The molecule has 0 aliphatic rings. The fraction of sp³-hybridized carbons (Fsp3) is 1.00. The molecule has 0 saturated heterocycles. The predicted octanol–water partition coefficient (Wildman–Crippen LogP) is 1.04. The van der Waals surface area contributed by atoms with Crippen LogP contribution >= 0.6 is 22.9 Å². The molecule has 0 rings (SSSR count). The van der Waals surface area contributed by atoms with Crippen LogP contribution in [0.25, 0.3) is 0 Å². The summed E-state index contributed by atoms with van der Waals surface area (Å²) in [6, 6.07) is 0. The molecule has 0 saturated carbocycles. The second-order valence-corrected chi connectivity index (χ2v) is 3.61. The van der Waals surface area contributed by atoms with E-state index in [2.05, 4.69) is 22.9 Å². The highest BCUT2D eigenvalue weighted by Gasteiger charge is 1.95. The molecule has 8 heavy (non-hydrogen) atoms. The molecule has 0 amide bonds. The maximum atomic E-state index is 8.77. The van der Waals surface area contributed by atoms with Gasteiger partial charge in [0.1, 0.15) is 0 Å². The summed E-state index contributed by atoms with van der Waals surface area (Å²) < 4.78 is 2.03. The first-order valence-corrected chi connectivity index (χ1v) is 3.64. The van der Waals surface area contributed by atoms with Crippen molar-refractivity contribution in [2.45, 2.75) is 19.4 Å². The highest BCUT2D eigenvalue weighted by Crippen LogP contribution is 1.97. The zero-order valence-electron chi connectivity index (χ0n) is 5.26. The predicted molar refractivity (Wildman–Crippen MR) is 42.9 cm³/mol. The van der Waals surface area contributed by atoms with Crippen LogP contribution in [0, 0.1) is 0 Å². The van der Waals surface area contributed by atoms with Gasteiger partial charge in [0.15, 0.2) is 0 Å². The Balaban J connectivity index is 2.93. The van der Waals surface area contributed by atoms with Crippen molar-refractivity contribution in [1.29, 1.82) is 0 Å². The van der Waals surface area contributed by atoms with Gasteiger partial charge in [-0.05, 0) is 20.4 Å². The largest absolute Gasteiger partial charge is 0.393 e. The molecule has 0 fully saturated rings. The second kappa shape index (κ2) is 4.52. The second-order valence-electron chi connectivity index (χ2n) is 1.97. The van der Waals surface area contributed by atoms with E-state index >= 15 is 0 Å². The summed E-state index contributed by atoms with van der Waals surface area (Å²) in [5.74, 6) is 0. The average molecular weight is 229 g/mol. The summed E-state index contributed by atoms with van der Waals surface area (Å²) in [6.07, 6.45) is 0.701. The molecule has 0 aliphatic carbocycles. The Labute approximate surface area is 64.4 Å². The van der Waals surface area contributed by atoms with E-state index in [1.54, 1.807) is 6.92 Å². The smallest absolute Gasteiger partial charge is 0.0524 e. The van der Waals surface area contributed by atoms with Gasteiger partial charge in [-0.15, -0.1) is 0 Å². The van der Waals surface area contributed by atoms with Crippen LogP contribution in [0.15, 0.2) is 0 Å². The van der Waals surface area contributed by atoms with Crippen molar-refractivity contribution in [2.75, 3.05) is 13.6 Å². The molecule has 50 valence electrons. The zero-order valence-corrected chi connectivity index (χ0v) is 7.42. The number of halogens is 1. The van der Waals surface area contributed by atoms with E-state index in [0.29, 0.717) is 0 Å². The minimum absolute atomic E-state index is 0.160. The summed E-state index contributed by atoms with van der Waals surface area (Å²) >= 11 is 2.20. The molecular weight excluding hydrogens is 217 g/mol. The molecule has 0 heterocycles. The van der Waals surface area contributed by atoms with Gasteiger partial charge < -0.3 is 5.11 Å². The van der Waals surface area contributed by atoms with Crippen molar-refractivity contribution in [3.05, 3.63) is 0 Å². The van der Waals surface area contributed by atoms with E-state index in [1.807, 2.05) is 10.2 Å². The first kappa shape index (κ1) is 8.65. The zero-order chi connectivity index (χ0) is 6.57. The van der Waals surface area contributed by atoms with Crippen LogP contribution in [0.4, 0.5) is 0 Å². The van der Waals surface area contributed by atoms with Crippen molar-refractivity contribution in [3.8, 4) is 0 Å². The van der Waals surface area contributed by atoms with Crippen molar-refractivity contribution < 1.29 is 5.11 Å². The van der Waals surface area contributed by atoms with E-state index in [4.69, 9.17) is 5.11 Å². The van der Waals surface area contributed by atoms with Gasteiger partial charge >= 0.3 is 0 Å². The van der Waals surface area contributed by atoms with E-state index in [0.717, 1.165) is 13.0 Å². The highest BCUT2D eigenvalue weighted by atomic mass is 127. The molecule has 0 aromatic carbocycles. The van der Waals surface area contributed by atoms with Crippen LogP contribution in [-0.4, -0.2) is 27.9 Å². The van der Waals surface area contributed by atoms with Crippen molar-refractivity contribution in [3.63, 3.8) is 0 Å². The molecule has 0 spiro atoms. The maximum absolute atomic E-state index is 8.77. The summed E-state index contributed by atoms with van der Waals surface area (Å²) in [4.78, 5) is 0. The SMILES string of the molecule is CC(O)CCN(C)I. The molecule has 0 aromatic heterocycles. The Bertz CT molecular complexity index is 48.4. The van der Waals surface area contributed by atoms with E-state index < -0.39 is 0 Å². The Morgan fingerprint density at radius 1 is 1.75 bits per heavy atom. The summed E-state index contributed by atoms with van der Waals surface area (Å²) in [6.45, 7) is 2.76. The fourth-order valence-electron chi connectivity index (χ4n) is 0.365. The standard InChI is InChI=1S/C5H12INO/c1-5(8)3-4-7(2)6/h5,8H,3-4H2,1-2H3. The molecule has 3 heteroatoms. The number of hydrogen-bond donors (Lipinski definition) is 1. The lowest BCUT2D eigenvalue weighted by atomic mass is 10.3. The number of rotatable bonds is 3. The van der Waals surface area contributed by atoms with Crippen LogP contribution in [0.2, 0.25) is 0 Å². The van der Waals surface area contributed by atoms with E-state index in [1.165, 1.54) is 0 Å². The van der Waals surface area contributed by atoms with Crippen LogP contribution in [0.3, 0.4) is 0 Å². The van der Waals surface area contributed by atoms with Gasteiger partial charge in [-0.3, -0.25) is 3.11 Å². The van der Waals surface area contributed by atoms with E-state index in [9.17, 15) is 0 Å². The average Bonchev–Trinajstić information content (AvgIpc) is 1.61. The lowest BCUT2D eigenvalue weighted by Gasteiger charge is -2.07. The molecule has 0 aromatic rings. The molecule has 2 nitrogen and oxygen atoms in total. The Kier molecular flexibility index (Phi) is 4.89. The monoisotopic (exact) mass is 229 g/mol. The minimum Gasteiger partial charge on any atom is -0.393 e. The molecular formula is C5H12INO. The van der Waals surface area contributed by atoms with Crippen molar-refractivity contribution in [2.24, 2.45) is 0 Å². The third-order valence-electron chi connectivity index (χ3n) is 0.855. The highest BCUT2D eigenvalue weighted by molar-refractivity contribution is 14.1. The molecule has 0 radical (unpaired) electrons. The van der Waals surface area contributed by atoms with Crippen LogP contribution in [-0.2, 0) is 0 Å². The fourth-order valence-corrected chi connectivity index (χ4v) is 0.643. The number of aliphatic hydroxyl groups is 1. The number of hydrogen-bond acceptors (Lipinski definition) is 2. The normalized spacial score (nSPS) is 14.6. The molecule has 0 bridgehead atoms.